The molecule has 4 heterocycles. The largest absolute Gasteiger partial charge is 0.472 e. The van der Waals surface area contributed by atoms with E-state index in [0.29, 0.717) is 13.1 Å². The molecule has 34 heavy (non-hydrogen) atoms. The van der Waals surface area contributed by atoms with E-state index in [1.54, 1.807) is 12.5 Å². The Morgan fingerprint density at radius 1 is 1.21 bits per heavy atom. The SMILES string of the molecule is CCN=C(C1=C\CN/C(c2cnc(C)n2C)=C/C=C\1C)c1nc2c(-c3ccoc3)cccc2[nH]1. The first-order valence-electron chi connectivity index (χ1n) is 11.4. The molecule has 7 heteroatoms. The summed E-state index contributed by atoms with van der Waals surface area (Å²) in [4.78, 5) is 17.8. The predicted octanol–water partition coefficient (Wildman–Crippen LogP) is 5.19. The van der Waals surface area contributed by atoms with E-state index in [4.69, 9.17) is 14.4 Å². The van der Waals surface area contributed by atoms with Gasteiger partial charge in [-0.2, -0.15) is 0 Å². The normalized spacial score (nSPS) is 19.4. The number of benzene rings is 1. The van der Waals surface area contributed by atoms with Crippen molar-refractivity contribution in [3.8, 4) is 11.1 Å². The van der Waals surface area contributed by atoms with E-state index in [2.05, 4.69) is 51.1 Å². The van der Waals surface area contributed by atoms with Crippen LogP contribution in [0.3, 0.4) is 0 Å². The fraction of sp³-hybridized carbons (Fsp3) is 0.222. The van der Waals surface area contributed by atoms with Gasteiger partial charge >= 0.3 is 0 Å². The van der Waals surface area contributed by atoms with Crippen LogP contribution in [0.4, 0.5) is 0 Å². The summed E-state index contributed by atoms with van der Waals surface area (Å²) in [6.07, 6.45) is 11.7. The van der Waals surface area contributed by atoms with E-state index in [0.717, 1.165) is 62.1 Å². The van der Waals surface area contributed by atoms with E-state index in [1.807, 2.05) is 45.3 Å². The third kappa shape index (κ3) is 3.90. The van der Waals surface area contributed by atoms with Gasteiger partial charge in [0.25, 0.3) is 0 Å². The number of hydrogen-bond acceptors (Lipinski definition) is 5. The van der Waals surface area contributed by atoms with Crippen molar-refractivity contribution in [1.29, 1.82) is 0 Å². The predicted molar refractivity (Wildman–Crippen MR) is 137 cm³/mol. The molecule has 3 aromatic heterocycles. The topological polar surface area (TPSA) is 84.0 Å². The number of allylic oxidation sites excluding steroid dienone is 4. The Morgan fingerprint density at radius 2 is 2.09 bits per heavy atom. The van der Waals surface area contributed by atoms with Gasteiger partial charge in [-0.1, -0.05) is 24.3 Å². The van der Waals surface area contributed by atoms with Gasteiger partial charge in [0.1, 0.15) is 11.5 Å². The molecule has 4 aromatic rings. The van der Waals surface area contributed by atoms with Crippen LogP contribution in [-0.4, -0.2) is 38.3 Å². The zero-order chi connectivity index (χ0) is 23.7. The number of aromatic amines is 1. The van der Waals surface area contributed by atoms with Crippen molar-refractivity contribution in [1.82, 2.24) is 24.8 Å². The van der Waals surface area contributed by atoms with Crippen molar-refractivity contribution in [3.05, 3.63) is 89.7 Å². The number of imidazole rings is 2. The van der Waals surface area contributed by atoms with Gasteiger partial charge in [0.2, 0.25) is 0 Å². The smallest absolute Gasteiger partial charge is 0.157 e. The second-order valence-corrected chi connectivity index (χ2v) is 8.30. The van der Waals surface area contributed by atoms with Crippen LogP contribution in [0.25, 0.3) is 27.9 Å². The van der Waals surface area contributed by atoms with Crippen molar-refractivity contribution in [3.63, 3.8) is 0 Å². The number of para-hydroxylation sites is 1. The molecule has 0 spiro atoms. The molecule has 1 aromatic carbocycles. The monoisotopic (exact) mass is 452 g/mol. The highest BCUT2D eigenvalue weighted by Crippen LogP contribution is 2.29. The van der Waals surface area contributed by atoms with Gasteiger partial charge in [0.15, 0.2) is 5.82 Å². The fourth-order valence-electron chi connectivity index (χ4n) is 4.23. The highest BCUT2D eigenvalue weighted by atomic mass is 16.3. The molecule has 0 aliphatic carbocycles. The molecule has 0 bridgehead atoms. The van der Waals surface area contributed by atoms with Crippen LogP contribution < -0.4 is 5.32 Å². The van der Waals surface area contributed by atoms with Gasteiger partial charge < -0.3 is 19.3 Å². The van der Waals surface area contributed by atoms with E-state index in [1.165, 1.54) is 0 Å². The number of aromatic nitrogens is 4. The average molecular weight is 453 g/mol. The first-order chi connectivity index (χ1) is 16.6. The summed E-state index contributed by atoms with van der Waals surface area (Å²) >= 11 is 0. The van der Waals surface area contributed by atoms with Crippen LogP contribution >= 0.6 is 0 Å². The number of hydrogen-bond donors (Lipinski definition) is 2. The maximum absolute atomic E-state index is 5.30. The Labute approximate surface area is 198 Å². The maximum Gasteiger partial charge on any atom is 0.157 e. The minimum Gasteiger partial charge on any atom is -0.472 e. The number of furan rings is 1. The Kier molecular flexibility index (Phi) is 5.76. The first kappa shape index (κ1) is 21.7. The molecule has 7 nitrogen and oxygen atoms in total. The molecule has 5 rings (SSSR count). The fourth-order valence-corrected chi connectivity index (χ4v) is 4.23. The Hall–Kier alpha value is -4.13. The molecule has 2 N–H and O–H groups in total. The van der Waals surface area contributed by atoms with Gasteiger partial charge in [-0.25, -0.2) is 9.97 Å². The summed E-state index contributed by atoms with van der Waals surface area (Å²) in [6, 6.07) is 8.08. The highest BCUT2D eigenvalue weighted by Gasteiger charge is 2.19. The van der Waals surface area contributed by atoms with Crippen molar-refractivity contribution >= 4 is 22.4 Å². The number of nitrogens with zero attached hydrogens (tertiary/aromatic N) is 4. The van der Waals surface area contributed by atoms with E-state index in [9.17, 15) is 0 Å². The summed E-state index contributed by atoms with van der Waals surface area (Å²) in [6.45, 7) is 7.49. The van der Waals surface area contributed by atoms with Crippen LogP contribution in [0.15, 0.2) is 81.8 Å². The summed E-state index contributed by atoms with van der Waals surface area (Å²) in [5.41, 5.74) is 9.07. The molecule has 0 saturated heterocycles. The molecule has 0 fully saturated rings. The zero-order valence-electron chi connectivity index (χ0n) is 19.9. The Balaban J connectivity index is 1.54. The molecule has 1 aliphatic heterocycles. The minimum atomic E-state index is 0.661. The van der Waals surface area contributed by atoms with Crippen molar-refractivity contribution < 1.29 is 4.42 Å². The average Bonchev–Trinajstić information content (AvgIpc) is 3.57. The summed E-state index contributed by atoms with van der Waals surface area (Å²) < 4.78 is 7.39. The molecule has 0 atom stereocenters. The third-order valence-electron chi connectivity index (χ3n) is 6.16. The molecular formula is C27H28N6O. The summed E-state index contributed by atoms with van der Waals surface area (Å²) in [7, 11) is 2.03. The maximum atomic E-state index is 5.30. The van der Waals surface area contributed by atoms with E-state index in [-0.39, 0.29) is 0 Å². The van der Waals surface area contributed by atoms with Gasteiger partial charge in [-0.3, -0.25) is 4.99 Å². The van der Waals surface area contributed by atoms with Crippen LogP contribution in [0.5, 0.6) is 0 Å². The van der Waals surface area contributed by atoms with Crippen molar-refractivity contribution in [2.75, 3.05) is 13.1 Å². The van der Waals surface area contributed by atoms with Crippen LogP contribution in [-0.2, 0) is 7.05 Å². The molecular weight excluding hydrogens is 424 g/mol. The molecule has 0 amide bonds. The Morgan fingerprint density at radius 3 is 2.82 bits per heavy atom. The molecule has 0 unspecified atom stereocenters. The molecule has 0 saturated carbocycles. The number of H-pyrrole nitrogens is 1. The van der Waals surface area contributed by atoms with Crippen molar-refractivity contribution in [2.24, 2.45) is 12.0 Å². The Bertz CT molecular complexity index is 1460. The van der Waals surface area contributed by atoms with Gasteiger partial charge in [-0.05, 0) is 44.6 Å². The van der Waals surface area contributed by atoms with Crippen LogP contribution in [0, 0.1) is 6.92 Å². The number of nitrogens with one attached hydrogen (secondary N) is 2. The van der Waals surface area contributed by atoms with Crippen molar-refractivity contribution in [2.45, 2.75) is 20.8 Å². The summed E-state index contributed by atoms with van der Waals surface area (Å²) in [5, 5.41) is 3.53. The number of aliphatic imine (C=N–C) groups is 1. The number of rotatable bonds is 5. The second kappa shape index (κ2) is 9.02. The van der Waals surface area contributed by atoms with E-state index < -0.39 is 0 Å². The van der Waals surface area contributed by atoms with Gasteiger partial charge in [-0.15, -0.1) is 0 Å². The standard InChI is InChI=1S/C27H28N6O/c1-5-28-26(27-31-23-8-6-7-21(25(23)32-27)19-12-14-34-16-19)20-11-13-29-22(10-9-17(20)2)24-15-30-18(3)33(24)4/h6-12,14-16,29H,5,13H2,1-4H3,(H,31,32)/b17-9-,20-11-,22-10+,28-26?. The second-order valence-electron chi connectivity index (χ2n) is 8.30. The molecule has 1 aliphatic rings. The number of aryl methyl sites for hydroxylation is 1. The highest BCUT2D eigenvalue weighted by molar-refractivity contribution is 6.14. The van der Waals surface area contributed by atoms with Crippen LogP contribution in [0.2, 0.25) is 0 Å². The van der Waals surface area contributed by atoms with Gasteiger partial charge in [0.05, 0.1) is 41.1 Å². The van der Waals surface area contributed by atoms with Crippen LogP contribution in [0.1, 0.15) is 31.2 Å². The molecule has 172 valence electrons. The lowest BCUT2D eigenvalue weighted by Gasteiger charge is -2.16. The molecule has 0 radical (unpaired) electrons. The lowest BCUT2D eigenvalue weighted by Crippen LogP contribution is -2.18. The van der Waals surface area contributed by atoms with Gasteiger partial charge in [0, 0.05) is 36.8 Å². The first-order valence-corrected chi connectivity index (χ1v) is 11.4. The lowest BCUT2D eigenvalue weighted by molar-refractivity contribution is 0.568. The quantitative estimate of drug-likeness (QED) is 0.408. The number of fused-ring (bicyclic) bond motifs is 1. The minimum absolute atomic E-state index is 0.661. The third-order valence-corrected chi connectivity index (χ3v) is 6.16. The lowest BCUT2D eigenvalue weighted by atomic mass is 9.99. The zero-order valence-corrected chi connectivity index (χ0v) is 19.9. The summed E-state index contributed by atoms with van der Waals surface area (Å²) in [5.74, 6) is 1.74. The van der Waals surface area contributed by atoms with E-state index >= 15 is 0 Å².